The van der Waals surface area contributed by atoms with Crippen LogP contribution >= 0.6 is 11.3 Å². The lowest BCUT2D eigenvalue weighted by molar-refractivity contribution is 0.378. The van der Waals surface area contributed by atoms with Gasteiger partial charge in [-0.05, 0) is 39.2 Å². The lowest BCUT2D eigenvalue weighted by atomic mass is 9.96. The van der Waals surface area contributed by atoms with Crippen molar-refractivity contribution in [3.8, 4) is 0 Å². The van der Waals surface area contributed by atoms with E-state index >= 15 is 0 Å². The van der Waals surface area contributed by atoms with Crippen LogP contribution in [-0.2, 0) is 0 Å². The highest BCUT2D eigenvalue weighted by atomic mass is 32.1. The highest BCUT2D eigenvalue weighted by Crippen LogP contribution is 2.38. The van der Waals surface area contributed by atoms with E-state index in [4.69, 9.17) is 0 Å². The molecule has 2 rings (SSSR count). The van der Waals surface area contributed by atoms with Gasteiger partial charge in [0.1, 0.15) is 0 Å². The summed E-state index contributed by atoms with van der Waals surface area (Å²) in [5, 5.41) is 4.87. The normalized spacial score (nSPS) is 19.2. The van der Waals surface area contributed by atoms with Gasteiger partial charge in [0.2, 0.25) is 0 Å². The Labute approximate surface area is 102 Å². The van der Waals surface area contributed by atoms with Gasteiger partial charge in [-0.25, -0.2) is 4.98 Å². The molecule has 0 amide bonds. The monoisotopic (exact) mass is 238 g/mol. The van der Waals surface area contributed by atoms with E-state index in [1.54, 1.807) is 0 Å². The van der Waals surface area contributed by atoms with Crippen LogP contribution in [0.1, 0.15) is 54.2 Å². The maximum Gasteiger partial charge on any atom is 0.0900 e. The van der Waals surface area contributed by atoms with Crippen LogP contribution in [0.15, 0.2) is 0 Å². The van der Waals surface area contributed by atoms with Crippen molar-refractivity contribution in [3.05, 3.63) is 15.6 Å². The second-order valence-electron chi connectivity index (χ2n) is 4.76. The fourth-order valence-corrected chi connectivity index (χ4v) is 3.92. The van der Waals surface area contributed by atoms with Crippen molar-refractivity contribution in [2.24, 2.45) is 5.92 Å². The molecule has 2 nitrogen and oxygen atoms in total. The molecule has 1 N–H and O–H groups in total. The predicted octanol–water partition coefficient (Wildman–Crippen LogP) is 3.60. The zero-order chi connectivity index (χ0) is 11.5. The first kappa shape index (κ1) is 12.1. The van der Waals surface area contributed by atoms with Crippen LogP contribution in [0.5, 0.6) is 0 Å². The minimum Gasteiger partial charge on any atom is -0.309 e. The third kappa shape index (κ3) is 2.46. The summed E-state index contributed by atoms with van der Waals surface area (Å²) in [4.78, 5) is 6.04. The lowest BCUT2D eigenvalue weighted by Gasteiger charge is -2.23. The van der Waals surface area contributed by atoms with E-state index in [0.29, 0.717) is 6.04 Å². The molecular weight excluding hydrogens is 216 g/mol. The number of aryl methyl sites for hydroxylation is 2. The van der Waals surface area contributed by atoms with Gasteiger partial charge in [0, 0.05) is 10.9 Å². The minimum absolute atomic E-state index is 0.554. The summed E-state index contributed by atoms with van der Waals surface area (Å²) in [6.07, 6.45) is 5.58. The maximum absolute atomic E-state index is 4.56. The standard InChI is InChI=1S/C13H22N2S/c1-4-14-12(11-7-5-6-8-11)13-9(2)15-10(3)16-13/h11-12,14H,4-8H2,1-3H3. The Kier molecular flexibility index (Phi) is 3.98. The number of hydrogen-bond acceptors (Lipinski definition) is 3. The first-order valence-electron chi connectivity index (χ1n) is 6.39. The maximum atomic E-state index is 4.56. The van der Waals surface area contributed by atoms with Crippen molar-refractivity contribution in [2.75, 3.05) is 6.54 Å². The molecule has 16 heavy (non-hydrogen) atoms. The molecule has 1 saturated carbocycles. The summed E-state index contributed by atoms with van der Waals surface area (Å²) in [5.74, 6) is 0.832. The Balaban J connectivity index is 2.20. The molecule has 0 spiro atoms. The zero-order valence-corrected chi connectivity index (χ0v) is 11.4. The molecule has 1 atom stereocenters. The van der Waals surface area contributed by atoms with Crippen molar-refractivity contribution < 1.29 is 0 Å². The first-order valence-corrected chi connectivity index (χ1v) is 7.21. The quantitative estimate of drug-likeness (QED) is 0.867. The predicted molar refractivity (Wildman–Crippen MR) is 70.0 cm³/mol. The molecule has 1 aliphatic carbocycles. The highest BCUT2D eigenvalue weighted by molar-refractivity contribution is 7.11. The lowest BCUT2D eigenvalue weighted by Crippen LogP contribution is -2.26. The number of rotatable bonds is 4. The summed E-state index contributed by atoms with van der Waals surface area (Å²) in [5.41, 5.74) is 1.24. The molecule has 3 heteroatoms. The second-order valence-corrected chi connectivity index (χ2v) is 6.00. The van der Waals surface area contributed by atoms with Crippen LogP contribution in [0.2, 0.25) is 0 Å². The number of nitrogens with one attached hydrogen (secondary N) is 1. The van der Waals surface area contributed by atoms with E-state index in [-0.39, 0.29) is 0 Å². The van der Waals surface area contributed by atoms with E-state index in [1.165, 1.54) is 41.3 Å². The largest absolute Gasteiger partial charge is 0.309 e. The topological polar surface area (TPSA) is 24.9 Å². The first-order chi connectivity index (χ1) is 7.72. The third-order valence-electron chi connectivity index (χ3n) is 3.52. The van der Waals surface area contributed by atoms with Crippen molar-refractivity contribution in [2.45, 2.75) is 52.5 Å². The van der Waals surface area contributed by atoms with Crippen molar-refractivity contribution in [3.63, 3.8) is 0 Å². The van der Waals surface area contributed by atoms with Gasteiger partial charge in [-0.2, -0.15) is 0 Å². The average Bonchev–Trinajstić information content (AvgIpc) is 2.85. The molecule has 0 bridgehead atoms. The van der Waals surface area contributed by atoms with E-state index in [2.05, 4.69) is 31.1 Å². The Hall–Kier alpha value is -0.410. The number of thiazole rings is 1. The van der Waals surface area contributed by atoms with Gasteiger partial charge in [-0.3, -0.25) is 0 Å². The zero-order valence-electron chi connectivity index (χ0n) is 10.5. The Morgan fingerprint density at radius 1 is 1.38 bits per heavy atom. The molecule has 1 aromatic rings. The average molecular weight is 238 g/mol. The summed E-state index contributed by atoms with van der Waals surface area (Å²) >= 11 is 1.88. The summed E-state index contributed by atoms with van der Waals surface area (Å²) in [7, 11) is 0. The van der Waals surface area contributed by atoms with Crippen LogP contribution < -0.4 is 5.32 Å². The van der Waals surface area contributed by atoms with Gasteiger partial charge in [0.25, 0.3) is 0 Å². The molecular formula is C13H22N2S. The van der Waals surface area contributed by atoms with Crippen LogP contribution in [0.4, 0.5) is 0 Å². The number of hydrogen-bond donors (Lipinski definition) is 1. The van der Waals surface area contributed by atoms with E-state index in [0.717, 1.165) is 12.5 Å². The Morgan fingerprint density at radius 2 is 2.06 bits per heavy atom. The molecule has 0 radical (unpaired) electrons. The molecule has 1 heterocycles. The summed E-state index contributed by atoms with van der Waals surface area (Å²) in [6.45, 7) is 7.51. The molecule has 0 aliphatic heterocycles. The van der Waals surface area contributed by atoms with Gasteiger partial charge < -0.3 is 5.32 Å². The van der Waals surface area contributed by atoms with Crippen molar-refractivity contribution in [1.82, 2.24) is 10.3 Å². The third-order valence-corrected chi connectivity index (χ3v) is 4.67. The highest BCUT2D eigenvalue weighted by Gasteiger charge is 2.28. The summed E-state index contributed by atoms with van der Waals surface area (Å²) in [6, 6.07) is 0.554. The fourth-order valence-electron chi connectivity index (χ4n) is 2.82. The molecule has 1 aromatic heterocycles. The van der Waals surface area contributed by atoms with Crippen molar-refractivity contribution >= 4 is 11.3 Å². The molecule has 1 unspecified atom stereocenters. The van der Waals surface area contributed by atoms with E-state index in [1.807, 2.05) is 11.3 Å². The van der Waals surface area contributed by atoms with Crippen LogP contribution in [-0.4, -0.2) is 11.5 Å². The molecule has 90 valence electrons. The molecule has 1 fully saturated rings. The molecule has 1 aliphatic rings. The minimum atomic E-state index is 0.554. The number of nitrogens with zero attached hydrogens (tertiary/aromatic N) is 1. The Morgan fingerprint density at radius 3 is 2.56 bits per heavy atom. The Bertz CT molecular complexity index is 340. The van der Waals surface area contributed by atoms with Gasteiger partial charge >= 0.3 is 0 Å². The van der Waals surface area contributed by atoms with Gasteiger partial charge in [0.15, 0.2) is 0 Å². The molecule has 0 saturated heterocycles. The summed E-state index contributed by atoms with van der Waals surface area (Å²) < 4.78 is 0. The second kappa shape index (κ2) is 5.28. The number of aromatic nitrogens is 1. The van der Waals surface area contributed by atoms with Crippen LogP contribution in [0.25, 0.3) is 0 Å². The fraction of sp³-hybridized carbons (Fsp3) is 0.769. The van der Waals surface area contributed by atoms with Crippen LogP contribution in [0.3, 0.4) is 0 Å². The van der Waals surface area contributed by atoms with Crippen LogP contribution in [0, 0.1) is 19.8 Å². The van der Waals surface area contributed by atoms with E-state index < -0.39 is 0 Å². The van der Waals surface area contributed by atoms with Gasteiger partial charge in [-0.1, -0.05) is 19.8 Å². The smallest absolute Gasteiger partial charge is 0.0900 e. The van der Waals surface area contributed by atoms with E-state index in [9.17, 15) is 0 Å². The van der Waals surface area contributed by atoms with Gasteiger partial charge in [0.05, 0.1) is 10.7 Å². The SMILES string of the molecule is CCNC(c1sc(C)nc1C)C1CCCC1. The van der Waals surface area contributed by atoms with Gasteiger partial charge in [-0.15, -0.1) is 11.3 Å². The molecule has 0 aromatic carbocycles. The van der Waals surface area contributed by atoms with Crippen molar-refractivity contribution in [1.29, 1.82) is 0 Å².